The van der Waals surface area contributed by atoms with Gasteiger partial charge in [-0.15, -0.1) is 11.3 Å². The van der Waals surface area contributed by atoms with Crippen molar-refractivity contribution in [2.75, 3.05) is 5.32 Å². The lowest BCUT2D eigenvalue weighted by molar-refractivity contribution is 0.0690. The van der Waals surface area contributed by atoms with Crippen LogP contribution in [0.5, 0.6) is 0 Å². The molecule has 16 heavy (non-hydrogen) atoms. The average molecular weight is 242 g/mol. The van der Waals surface area contributed by atoms with Gasteiger partial charge < -0.3 is 10.4 Å². The van der Waals surface area contributed by atoms with Gasteiger partial charge >= 0.3 is 5.97 Å². The molecule has 90 valence electrons. The van der Waals surface area contributed by atoms with Crippen LogP contribution in [0.2, 0.25) is 0 Å². The monoisotopic (exact) mass is 242 g/mol. The Morgan fingerprint density at radius 1 is 1.50 bits per heavy atom. The SMILES string of the molecule is Cc1sc(NC(C)C(C)(C)C)nc1C(=O)O. The van der Waals surface area contributed by atoms with Crippen LogP contribution in [0.3, 0.4) is 0 Å². The first-order chi connectivity index (χ1) is 7.21. The first-order valence-corrected chi connectivity index (χ1v) is 6.00. The third-order valence-electron chi connectivity index (χ3n) is 2.64. The lowest BCUT2D eigenvalue weighted by atomic mass is 9.88. The van der Waals surface area contributed by atoms with Crippen LogP contribution in [0.25, 0.3) is 0 Å². The quantitative estimate of drug-likeness (QED) is 0.855. The first kappa shape index (κ1) is 13.0. The van der Waals surface area contributed by atoms with Gasteiger partial charge in [-0.05, 0) is 19.3 Å². The number of hydrogen-bond donors (Lipinski definition) is 2. The molecule has 1 aromatic heterocycles. The molecule has 0 aromatic carbocycles. The normalized spacial score (nSPS) is 13.6. The molecule has 0 saturated heterocycles. The highest BCUT2D eigenvalue weighted by Gasteiger charge is 2.22. The van der Waals surface area contributed by atoms with Crippen LogP contribution < -0.4 is 5.32 Å². The van der Waals surface area contributed by atoms with E-state index >= 15 is 0 Å². The van der Waals surface area contributed by atoms with E-state index in [-0.39, 0.29) is 17.2 Å². The van der Waals surface area contributed by atoms with Crippen molar-refractivity contribution < 1.29 is 9.90 Å². The number of thiazole rings is 1. The Hall–Kier alpha value is -1.10. The average Bonchev–Trinajstić information content (AvgIpc) is 2.45. The minimum Gasteiger partial charge on any atom is -0.476 e. The van der Waals surface area contributed by atoms with E-state index in [1.807, 2.05) is 0 Å². The van der Waals surface area contributed by atoms with Crippen LogP contribution in [0.1, 0.15) is 43.1 Å². The standard InChI is InChI=1S/C11H18N2O2S/c1-6-8(9(14)15)13-10(16-6)12-7(2)11(3,4)5/h7H,1-5H3,(H,12,13)(H,14,15). The summed E-state index contributed by atoms with van der Waals surface area (Å²) in [5.41, 5.74) is 0.261. The van der Waals surface area contributed by atoms with E-state index in [2.05, 4.69) is 38.0 Å². The van der Waals surface area contributed by atoms with Gasteiger partial charge in [0.25, 0.3) is 0 Å². The molecule has 1 unspecified atom stereocenters. The van der Waals surface area contributed by atoms with Crippen molar-refractivity contribution in [1.82, 2.24) is 4.98 Å². The van der Waals surface area contributed by atoms with E-state index < -0.39 is 5.97 Å². The molecule has 0 bridgehead atoms. The zero-order valence-corrected chi connectivity index (χ0v) is 11.1. The summed E-state index contributed by atoms with van der Waals surface area (Å²) in [5.74, 6) is -0.967. The van der Waals surface area contributed by atoms with Crippen LogP contribution in [-0.2, 0) is 0 Å². The van der Waals surface area contributed by atoms with Crippen molar-refractivity contribution in [1.29, 1.82) is 0 Å². The molecule has 1 heterocycles. The van der Waals surface area contributed by atoms with E-state index in [0.29, 0.717) is 5.13 Å². The van der Waals surface area contributed by atoms with Gasteiger partial charge in [-0.1, -0.05) is 20.8 Å². The molecule has 0 radical (unpaired) electrons. The molecule has 0 aliphatic rings. The number of nitrogens with one attached hydrogen (secondary N) is 1. The van der Waals surface area contributed by atoms with Crippen LogP contribution in [0.15, 0.2) is 0 Å². The molecule has 0 amide bonds. The third-order valence-corrected chi connectivity index (χ3v) is 3.54. The van der Waals surface area contributed by atoms with E-state index in [1.54, 1.807) is 6.92 Å². The number of carbonyl (C=O) groups is 1. The lowest BCUT2D eigenvalue weighted by Crippen LogP contribution is -2.30. The van der Waals surface area contributed by atoms with Gasteiger partial charge in [0.05, 0.1) is 0 Å². The minimum atomic E-state index is -0.967. The maximum absolute atomic E-state index is 10.8. The Morgan fingerprint density at radius 3 is 2.44 bits per heavy atom. The highest BCUT2D eigenvalue weighted by atomic mass is 32.1. The molecule has 0 spiro atoms. The van der Waals surface area contributed by atoms with Crippen molar-refractivity contribution in [3.05, 3.63) is 10.6 Å². The number of rotatable bonds is 3. The summed E-state index contributed by atoms with van der Waals surface area (Å²) >= 11 is 1.38. The molecule has 0 aliphatic carbocycles. The number of aryl methyl sites for hydroxylation is 1. The summed E-state index contributed by atoms with van der Waals surface area (Å²) in [6.45, 7) is 10.2. The Labute approximate surface area is 99.7 Å². The zero-order chi connectivity index (χ0) is 12.5. The lowest BCUT2D eigenvalue weighted by Gasteiger charge is -2.27. The number of anilines is 1. The number of nitrogens with zero attached hydrogens (tertiary/aromatic N) is 1. The van der Waals surface area contributed by atoms with Gasteiger partial charge in [0, 0.05) is 10.9 Å². The highest BCUT2D eigenvalue weighted by molar-refractivity contribution is 7.15. The molecule has 1 atom stereocenters. The molecule has 0 fully saturated rings. The smallest absolute Gasteiger partial charge is 0.355 e. The predicted molar refractivity (Wildman–Crippen MR) is 66.4 cm³/mol. The second-order valence-corrected chi connectivity index (χ2v) is 6.16. The van der Waals surface area contributed by atoms with Gasteiger partial charge in [0.1, 0.15) is 0 Å². The molecular weight excluding hydrogens is 224 g/mol. The molecule has 4 nitrogen and oxygen atoms in total. The number of carboxylic acid groups (broad SMARTS) is 1. The predicted octanol–water partition coefficient (Wildman–Crippen LogP) is 3.00. The van der Waals surface area contributed by atoms with Crippen molar-refractivity contribution in [2.24, 2.45) is 5.41 Å². The second-order valence-electron chi connectivity index (χ2n) is 4.96. The fourth-order valence-corrected chi connectivity index (χ4v) is 1.95. The Bertz CT molecular complexity index is 393. The van der Waals surface area contributed by atoms with Gasteiger partial charge in [-0.2, -0.15) is 0 Å². The maximum atomic E-state index is 10.8. The fraction of sp³-hybridized carbons (Fsp3) is 0.636. The van der Waals surface area contributed by atoms with Crippen LogP contribution in [0, 0.1) is 12.3 Å². The van der Waals surface area contributed by atoms with E-state index in [9.17, 15) is 4.79 Å². The highest BCUT2D eigenvalue weighted by Crippen LogP contribution is 2.27. The summed E-state index contributed by atoms with van der Waals surface area (Å²) in [5, 5.41) is 12.8. The topological polar surface area (TPSA) is 62.2 Å². The van der Waals surface area contributed by atoms with Crippen LogP contribution >= 0.6 is 11.3 Å². The van der Waals surface area contributed by atoms with Crippen molar-refractivity contribution >= 4 is 22.4 Å². The minimum absolute atomic E-state index is 0.114. The van der Waals surface area contributed by atoms with E-state index in [1.165, 1.54) is 11.3 Å². The zero-order valence-electron chi connectivity index (χ0n) is 10.3. The Morgan fingerprint density at radius 2 is 2.06 bits per heavy atom. The van der Waals surface area contributed by atoms with Crippen LogP contribution in [-0.4, -0.2) is 22.1 Å². The summed E-state index contributed by atoms with van der Waals surface area (Å²) in [4.78, 5) is 15.6. The summed E-state index contributed by atoms with van der Waals surface area (Å²) in [6, 6.07) is 0.236. The van der Waals surface area contributed by atoms with Crippen LogP contribution in [0.4, 0.5) is 5.13 Å². The van der Waals surface area contributed by atoms with Gasteiger partial charge in [-0.25, -0.2) is 9.78 Å². The molecule has 2 N–H and O–H groups in total. The molecule has 0 saturated carbocycles. The van der Waals surface area contributed by atoms with Gasteiger partial charge in [0.2, 0.25) is 0 Å². The Balaban J connectivity index is 2.84. The van der Waals surface area contributed by atoms with E-state index in [0.717, 1.165) is 4.88 Å². The Kier molecular flexibility index (Phi) is 3.57. The second kappa shape index (κ2) is 4.41. The van der Waals surface area contributed by atoms with Crippen molar-refractivity contribution in [3.63, 3.8) is 0 Å². The summed E-state index contributed by atoms with van der Waals surface area (Å²) in [6.07, 6.45) is 0. The first-order valence-electron chi connectivity index (χ1n) is 5.19. The van der Waals surface area contributed by atoms with E-state index in [4.69, 9.17) is 5.11 Å². The largest absolute Gasteiger partial charge is 0.476 e. The third kappa shape index (κ3) is 2.95. The molecule has 1 rings (SSSR count). The number of hydrogen-bond acceptors (Lipinski definition) is 4. The molecule has 5 heteroatoms. The molecule has 0 aliphatic heterocycles. The maximum Gasteiger partial charge on any atom is 0.355 e. The van der Waals surface area contributed by atoms with Crippen molar-refractivity contribution in [3.8, 4) is 0 Å². The summed E-state index contributed by atoms with van der Waals surface area (Å²) < 4.78 is 0. The molecular formula is C11H18N2O2S. The molecule has 1 aromatic rings. The fourth-order valence-electron chi connectivity index (χ4n) is 1.06. The number of aromatic carboxylic acids is 1. The number of aromatic nitrogens is 1. The van der Waals surface area contributed by atoms with Crippen molar-refractivity contribution in [2.45, 2.75) is 40.7 Å². The van der Waals surface area contributed by atoms with Gasteiger partial charge in [-0.3, -0.25) is 0 Å². The van der Waals surface area contributed by atoms with Gasteiger partial charge in [0.15, 0.2) is 10.8 Å². The summed E-state index contributed by atoms with van der Waals surface area (Å²) in [7, 11) is 0. The number of carboxylic acids is 1.